The molecule has 0 bridgehead atoms. The monoisotopic (exact) mass is 520 g/mol. The fraction of sp³-hybridized carbons (Fsp3) is 0.483. The maximum Gasteiger partial charge on any atom is 0.243 e. The van der Waals surface area contributed by atoms with E-state index in [9.17, 15) is 24.6 Å². The number of nitrogens with zero attached hydrogens (tertiary/aromatic N) is 2. The van der Waals surface area contributed by atoms with Crippen molar-refractivity contribution in [2.45, 2.75) is 75.0 Å². The summed E-state index contributed by atoms with van der Waals surface area (Å²) >= 11 is 0. The Morgan fingerprint density at radius 3 is 2.18 bits per heavy atom. The summed E-state index contributed by atoms with van der Waals surface area (Å²) < 4.78 is 0. The number of aliphatic hydroxyl groups excluding tert-OH is 2. The number of hydrogen-bond acceptors (Lipinski definition) is 6. The second kappa shape index (κ2) is 11.6. The van der Waals surface area contributed by atoms with Crippen LogP contribution < -0.4 is 10.6 Å². The molecule has 3 heterocycles. The number of hydrogen-bond donors (Lipinski definition) is 4. The molecule has 6 atom stereocenters. The first kappa shape index (κ1) is 26.3. The van der Waals surface area contributed by atoms with E-state index in [0.29, 0.717) is 32.2 Å². The van der Waals surface area contributed by atoms with Gasteiger partial charge in [-0.05, 0) is 43.2 Å². The minimum Gasteiger partial charge on any atom is -0.392 e. The first-order chi connectivity index (χ1) is 18.4. The number of fused-ring (bicyclic) bond motifs is 2. The SMILES string of the molecule is O=C1CC(Cc2ccccc2)NC(=O)C2CCCN2C(=O)C2CC(O)CN2C(O)C(Cc2ccccc2)N1. The number of carbonyl (C=O) groups is 3. The molecule has 3 aliphatic rings. The largest absolute Gasteiger partial charge is 0.392 e. The third-order valence-corrected chi connectivity index (χ3v) is 7.89. The quantitative estimate of drug-likeness (QED) is 0.468. The summed E-state index contributed by atoms with van der Waals surface area (Å²) in [5.74, 6) is -0.825. The van der Waals surface area contributed by atoms with Crippen molar-refractivity contribution in [3.05, 3.63) is 71.8 Å². The molecule has 4 N–H and O–H groups in total. The Hall–Kier alpha value is -3.27. The summed E-state index contributed by atoms with van der Waals surface area (Å²) in [5, 5.41) is 28.1. The van der Waals surface area contributed by atoms with Crippen molar-refractivity contribution in [2.75, 3.05) is 13.1 Å². The van der Waals surface area contributed by atoms with E-state index in [4.69, 9.17) is 0 Å². The number of aliphatic hydroxyl groups is 2. The summed E-state index contributed by atoms with van der Waals surface area (Å²) in [4.78, 5) is 43.7. The van der Waals surface area contributed by atoms with Crippen LogP contribution in [0.5, 0.6) is 0 Å². The van der Waals surface area contributed by atoms with Crippen molar-refractivity contribution in [1.29, 1.82) is 0 Å². The zero-order chi connectivity index (χ0) is 26.6. The van der Waals surface area contributed by atoms with Crippen molar-refractivity contribution < 1.29 is 24.6 Å². The zero-order valence-corrected chi connectivity index (χ0v) is 21.4. The van der Waals surface area contributed by atoms with Crippen LogP contribution >= 0.6 is 0 Å². The Morgan fingerprint density at radius 2 is 1.50 bits per heavy atom. The maximum atomic E-state index is 13.7. The molecule has 38 heavy (non-hydrogen) atoms. The fourth-order valence-electron chi connectivity index (χ4n) is 6.06. The molecule has 3 aliphatic heterocycles. The molecule has 9 heteroatoms. The van der Waals surface area contributed by atoms with Crippen LogP contribution in [0.4, 0.5) is 0 Å². The van der Waals surface area contributed by atoms with E-state index in [0.717, 1.165) is 11.1 Å². The van der Waals surface area contributed by atoms with Crippen LogP contribution in [0.1, 0.15) is 36.8 Å². The lowest BCUT2D eigenvalue weighted by molar-refractivity contribution is -0.145. The van der Waals surface area contributed by atoms with Crippen LogP contribution in [-0.2, 0) is 27.2 Å². The van der Waals surface area contributed by atoms with Crippen LogP contribution in [-0.4, -0.2) is 87.3 Å². The van der Waals surface area contributed by atoms with Crippen LogP contribution in [0.2, 0.25) is 0 Å². The molecule has 6 unspecified atom stereocenters. The van der Waals surface area contributed by atoms with Crippen molar-refractivity contribution in [2.24, 2.45) is 0 Å². The van der Waals surface area contributed by atoms with Gasteiger partial charge in [0.05, 0.1) is 18.2 Å². The first-order valence-electron chi connectivity index (χ1n) is 13.5. The van der Waals surface area contributed by atoms with Crippen molar-refractivity contribution in [1.82, 2.24) is 20.4 Å². The summed E-state index contributed by atoms with van der Waals surface area (Å²) in [6.07, 6.45) is 0.275. The molecule has 5 rings (SSSR count). The molecule has 202 valence electrons. The van der Waals surface area contributed by atoms with Gasteiger partial charge >= 0.3 is 0 Å². The Labute approximate surface area is 222 Å². The van der Waals surface area contributed by atoms with Gasteiger partial charge in [-0.3, -0.25) is 19.3 Å². The molecule has 3 saturated heterocycles. The van der Waals surface area contributed by atoms with Gasteiger partial charge in [0.15, 0.2) is 0 Å². The Kier molecular flexibility index (Phi) is 8.06. The normalized spacial score (nSPS) is 30.9. The Bertz CT molecular complexity index is 1130. The van der Waals surface area contributed by atoms with Gasteiger partial charge in [-0.15, -0.1) is 0 Å². The molecule has 2 aromatic rings. The third-order valence-electron chi connectivity index (χ3n) is 7.89. The smallest absolute Gasteiger partial charge is 0.243 e. The maximum absolute atomic E-state index is 13.7. The average Bonchev–Trinajstić information content (AvgIpc) is 3.55. The molecule has 3 fully saturated rings. The van der Waals surface area contributed by atoms with E-state index in [1.54, 1.807) is 9.80 Å². The van der Waals surface area contributed by atoms with Gasteiger partial charge in [-0.2, -0.15) is 0 Å². The standard InChI is InChI=1S/C29H36N4O5/c34-22-17-25-29(38)32-13-7-12-24(32)27(36)30-21(14-19-8-3-1-4-9-19)16-26(35)31-23(28(37)33(25)18-22)15-20-10-5-2-6-11-20/h1-6,8-11,21-25,28,34,37H,7,12-18H2,(H,30,36)(H,31,35). The van der Waals surface area contributed by atoms with Crippen molar-refractivity contribution in [3.8, 4) is 0 Å². The van der Waals surface area contributed by atoms with Gasteiger partial charge in [0.2, 0.25) is 17.7 Å². The van der Waals surface area contributed by atoms with Crippen molar-refractivity contribution in [3.63, 3.8) is 0 Å². The minimum atomic E-state index is -1.19. The summed E-state index contributed by atoms with van der Waals surface area (Å²) in [5.41, 5.74) is 1.92. The lowest BCUT2D eigenvalue weighted by Gasteiger charge is -2.36. The number of nitrogens with one attached hydrogen (secondary N) is 2. The number of amides is 3. The van der Waals surface area contributed by atoms with E-state index in [2.05, 4.69) is 10.6 Å². The van der Waals surface area contributed by atoms with E-state index >= 15 is 0 Å². The van der Waals surface area contributed by atoms with Gasteiger partial charge in [-0.25, -0.2) is 0 Å². The van der Waals surface area contributed by atoms with Crippen molar-refractivity contribution >= 4 is 17.7 Å². The van der Waals surface area contributed by atoms with Crippen LogP contribution in [0.3, 0.4) is 0 Å². The lowest BCUT2D eigenvalue weighted by atomic mass is 10.0. The Balaban J connectivity index is 1.47. The highest BCUT2D eigenvalue weighted by molar-refractivity contribution is 5.91. The van der Waals surface area contributed by atoms with Crippen LogP contribution in [0, 0.1) is 0 Å². The molecule has 0 aromatic heterocycles. The van der Waals surface area contributed by atoms with E-state index in [1.807, 2.05) is 60.7 Å². The molecule has 0 aliphatic carbocycles. The highest BCUT2D eigenvalue weighted by Gasteiger charge is 2.47. The predicted molar refractivity (Wildman–Crippen MR) is 141 cm³/mol. The molecule has 0 radical (unpaired) electrons. The fourth-order valence-corrected chi connectivity index (χ4v) is 6.06. The molecule has 3 amide bonds. The zero-order valence-electron chi connectivity index (χ0n) is 21.4. The number of rotatable bonds is 4. The predicted octanol–water partition coefficient (Wildman–Crippen LogP) is 0.590. The second-order valence-corrected chi connectivity index (χ2v) is 10.7. The van der Waals surface area contributed by atoms with Gasteiger partial charge in [0.1, 0.15) is 12.3 Å². The number of carbonyl (C=O) groups excluding carboxylic acids is 3. The summed E-state index contributed by atoms with van der Waals surface area (Å²) in [6.45, 7) is 0.557. The highest BCUT2D eigenvalue weighted by atomic mass is 16.3. The van der Waals surface area contributed by atoms with E-state index in [1.165, 1.54) is 0 Å². The van der Waals surface area contributed by atoms with Crippen LogP contribution in [0.15, 0.2) is 60.7 Å². The first-order valence-corrected chi connectivity index (χ1v) is 13.5. The number of benzene rings is 2. The van der Waals surface area contributed by atoms with Gasteiger partial charge in [-0.1, -0.05) is 60.7 Å². The molecular formula is C29H36N4O5. The third kappa shape index (κ3) is 5.90. The van der Waals surface area contributed by atoms with Gasteiger partial charge < -0.3 is 25.7 Å². The van der Waals surface area contributed by atoms with Gasteiger partial charge in [0.25, 0.3) is 0 Å². The average molecular weight is 521 g/mol. The molecule has 0 saturated carbocycles. The lowest BCUT2D eigenvalue weighted by Crippen LogP contribution is -2.58. The summed E-state index contributed by atoms with van der Waals surface area (Å²) in [6, 6.07) is 16.6. The Morgan fingerprint density at radius 1 is 0.842 bits per heavy atom. The molecule has 2 aromatic carbocycles. The van der Waals surface area contributed by atoms with E-state index < -0.39 is 36.5 Å². The van der Waals surface area contributed by atoms with Crippen LogP contribution in [0.25, 0.3) is 0 Å². The molecule has 0 spiro atoms. The minimum absolute atomic E-state index is 0.0331. The second-order valence-electron chi connectivity index (χ2n) is 10.7. The molecular weight excluding hydrogens is 484 g/mol. The van der Waals surface area contributed by atoms with Gasteiger partial charge in [0, 0.05) is 25.6 Å². The summed E-state index contributed by atoms with van der Waals surface area (Å²) in [7, 11) is 0. The van der Waals surface area contributed by atoms with E-state index in [-0.39, 0.29) is 37.1 Å². The highest BCUT2D eigenvalue weighted by Crippen LogP contribution is 2.28. The molecule has 9 nitrogen and oxygen atoms in total. The topological polar surface area (TPSA) is 122 Å².